The Labute approximate surface area is 139 Å². The van der Waals surface area contributed by atoms with Gasteiger partial charge in [-0.15, -0.1) is 0 Å². The molecule has 0 saturated carbocycles. The van der Waals surface area contributed by atoms with Crippen LogP contribution in [0.15, 0.2) is 42.5 Å². The second-order valence-electron chi connectivity index (χ2n) is 5.40. The van der Waals surface area contributed by atoms with Crippen LogP contribution in [0.3, 0.4) is 0 Å². The van der Waals surface area contributed by atoms with E-state index in [1.807, 2.05) is 31.2 Å². The van der Waals surface area contributed by atoms with E-state index < -0.39 is 23.4 Å². The number of hydrogen-bond donors (Lipinski definition) is 1. The molecule has 0 radical (unpaired) electrons. The van der Waals surface area contributed by atoms with Gasteiger partial charge in [0.15, 0.2) is 0 Å². The summed E-state index contributed by atoms with van der Waals surface area (Å²) in [6, 6.07) is 10.4. The second kappa shape index (κ2) is 7.68. The molecule has 0 fully saturated rings. The molecule has 0 heterocycles. The lowest BCUT2D eigenvalue weighted by Crippen LogP contribution is -2.40. The molecule has 2 amide bonds. The average molecular weight is 332 g/mol. The summed E-state index contributed by atoms with van der Waals surface area (Å²) in [6.07, 6.45) is 0. The third-order valence-electron chi connectivity index (χ3n) is 3.62. The zero-order valence-electron chi connectivity index (χ0n) is 13.5. The van der Waals surface area contributed by atoms with Crippen LogP contribution >= 0.6 is 0 Å². The summed E-state index contributed by atoms with van der Waals surface area (Å²) in [5.41, 5.74) is 1.86. The first kappa shape index (κ1) is 17.6. The number of benzene rings is 2. The number of nitrogens with one attached hydrogen (secondary N) is 1. The fraction of sp³-hybridized carbons (Fsp3) is 0.222. The molecule has 0 aliphatic rings. The van der Waals surface area contributed by atoms with Crippen LogP contribution in [0.5, 0.6) is 0 Å². The van der Waals surface area contributed by atoms with E-state index in [0.29, 0.717) is 12.6 Å². The number of aryl methyl sites for hydroxylation is 1. The quantitative estimate of drug-likeness (QED) is 0.915. The highest BCUT2D eigenvalue weighted by Gasteiger charge is 2.19. The van der Waals surface area contributed by atoms with Crippen molar-refractivity contribution in [3.63, 3.8) is 0 Å². The van der Waals surface area contributed by atoms with Crippen LogP contribution in [-0.4, -0.2) is 18.4 Å². The van der Waals surface area contributed by atoms with Gasteiger partial charge in [-0.2, -0.15) is 0 Å². The summed E-state index contributed by atoms with van der Waals surface area (Å²) >= 11 is 0. The summed E-state index contributed by atoms with van der Waals surface area (Å²) in [6.45, 7) is 3.11. The van der Waals surface area contributed by atoms with Gasteiger partial charge >= 0.3 is 0 Å². The number of rotatable bonds is 5. The van der Waals surface area contributed by atoms with Crippen LogP contribution in [0.25, 0.3) is 0 Å². The van der Waals surface area contributed by atoms with Gasteiger partial charge in [0.1, 0.15) is 18.2 Å². The van der Waals surface area contributed by atoms with E-state index >= 15 is 0 Å². The van der Waals surface area contributed by atoms with Crippen LogP contribution in [0.1, 0.15) is 18.1 Å². The molecule has 0 aliphatic heterocycles. The van der Waals surface area contributed by atoms with Crippen LogP contribution in [0.2, 0.25) is 0 Å². The van der Waals surface area contributed by atoms with E-state index in [4.69, 9.17) is 0 Å². The van der Waals surface area contributed by atoms with Gasteiger partial charge in [-0.25, -0.2) is 8.78 Å². The first-order valence-electron chi connectivity index (χ1n) is 7.43. The van der Waals surface area contributed by atoms with Crippen molar-refractivity contribution < 1.29 is 18.4 Å². The molecule has 0 atom stereocenters. The molecular weight excluding hydrogens is 314 g/mol. The fourth-order valence-corrected chi connectivity index (χ4v) is 2.27. The number of nitrogens with zero attached hydrogens (tertiary/aromatic N) is 1. The highest BCUT2D eigenvalue weighted by atomic mass is 19.1. The maximum Gasteiger partial charge on any atom is 0.240 e. The van der Waals surface area contributed by atoms with Crippen molar-refractivity contribution >= 4 is 17.5 Å². The van der Waals surface area contributed by atoms with Gasteiger partial charge in [-0.3, -0.25) is 9.59 Å². The van der Waals surface area contributed by atoms with Crippen molar-refractivity contribution in [1.29, 1.82) is 0 Å². The predicted molar refractivity (Wildman–Crippen MR) is 87.4 cm³/mol. The number of carbonyl (C=O) groups excluding carboxylic acids is 2. The first-order chi connectivity index (χ1) is 11.4. The Morgan fingerprint density at radius 3 is 2.46 bits per heavy atom. The highest BCUT2D eigenvalue weighted by molar-refractivity contribution is 5.97. The van der Waals surface area contributed by atoms with Gasteiger partial charge in [-0.1, -0.05) is 24.3 Å². The molecule has 4 nitrogen and oxygen atoms in total. The van der Waals surface area contributed by atoms with Crippen LogP contribution < -0.4 is 10.2 Å². The molecule has 24 heavy (non-hydrogen) atoms. The molecule has 126 valence electrons. The third kappa shape index (κ3) is 4.38. The van der Waals surface area contributed by atoms with Crippen LogP contribution in [-0.2, 0) is 16.1 Å². The second-order valence-corrected chi connectivity index (χ2v) is 5.40. The number of hydrogen-bond acceptors (Lipinski definition) is 2. The maximum absolute atomic E-state index is 13.8. The molecular formula is C18H18F2N2O2. The van der Waals surface area contributed by atoms with E-state index in [9.17, 15) is 18.4 Å². The smallest absolute Gasteiger partial charge is 0.240 e. The lowest BCUT2D eigenvalue weighted by Gasteiger charge is -2.21. The summed E-state index contributed by atoms with van der Waals surface area (Å²) < 4.78 is 26.8. The molecule has 0 unspecified atom stereocenters. The first-order valence-corrected chi connectivity index (χ1v) is 7.43. The fourth-order valence-electron chi connectivity index (χ4n) is 2.27. The highest BCUT2D eigenvalue weighted by Crippen LogP contribution is 2.20. The topological polar surface area (TPSA) is 49.4 Å². The Balaban J connectivity index is 2.06. The van der Waals surface area contributed by atoms with Gasteiger partial charge in [0.25, 0.3) is 0 Å². The summed E-state index contributed by atoms with van der Waals surface area (Å²) in [4.78, 5) is 24.8. The minimum atomic E-state index is -0.892. The number of carbonyl (C=O) groups is 2. The van der Waals surface area contributed by atoms with Gasteiger partial charge in [0, 0.05) is 19.5 Å². The Morgan fingerprint density at radius 1 is 1.12 bits per heavy atom. The zero-order chi connectivity index (χ0) is 17.7. The van der Waals surface area contributed by atoms with Gasteiger partial charge in [0.05, 0.1) is 5.69 Å². The molecule has 0 spiro atoms. The zero-order valence-corrected chi connectivity index (χ0v) is 13.5. The number of halogens is 2. The van der Waals surface area contributed by atoms with E-state index in [0.717, 1.165) is 28.2 Å². The summed E-state index contributed by atoms with van der Waals surface area (Å²) in [5.74, 6) is -2.58. The van der Waals surface area contributed by atoms with Crippen molar-refractivity contribution in [3.05, 3.63) is 65.2 Å². The van der Waals surface area contributed by atoms with Crippen molar-refractivity contribution in [1.82, 2.24) is 5.32 Å². The molecule has 0 saturated heterocycles. The average Bonchev–Trinajstić information content (AvgIpc) is 2.52. The minimum Gasteiger partial charge on any atom is -0.350 e. The van der Waals surface area contributed by atoms with Gasteiger partial charge in [-0.05, 0) is 30.2 Å². The predicted octanol–water partition coefficient (Wildman–Crippen LogP) is 2.94. The standard InChI is InChI=1S/C18H18F2N2O2/c1-12-5-3-4-6-14(12)10-21-18(24)11-22(13(2)23)17-8-7-15(19)9-16(17)20/h3-9H,10-11H2,1-2H3,(H,21,24). The Kier molecular flexibility index (Phi) is 5.63. The number of anilines is 1. The Morgan fingerprint density at radius 2 is 1.83 bits per heavy atom. The summed E-state index contributed by atoms with van der Waals surface area (Å²) in [7, 11) is 0. The van der Waals surface area contributed by atoms with Crippen LogP contribution in [0, 0.1) is 18.6 Å². The molecule has 2 rings (SSSR count). The Hall–Kier alpha value is -2.76. The van der Waals surface area contributed by atoms with Crippen molar-refractivity contribution in [3.8, 4) is 0 Å². The lowest BCUT2D eigenvalue weighted by atomic mass is 10.1. The molecule has 0 aromatic heterocycles. The van der Waals surface area contributed by atoms with Gasteiger partial charge in [0.2, 0.25) is 11.8 Å². The minimum absolute atomic E-state index is 0.130. The number of amides is 2. The normalized spacial score (nSPS) is 10.3. The molecule has 2 aromatic rings. The SMILES string of the molecule is CC(=O)N(CC(=O)NCc1ccccc1C)c1ccc(F)cc1F. The maximum atomic E-state index is 13.8. The molecule has 0 bridgehead atoms. The van der Waals surface area contributed by atoms with E-state index in [-0.39, 0.29) is 12.2 Å². The summed E-state index contributed by atoms with van der Waals surface area (Å²) in [5, 5.41) is 2.70. The van der Waals surface area contributed by atoms with E-state index in [2.05, 4.69) is 5.32 Å². The lowest BCUT2D eigenvalue weighted by molar-refractivity contribution is -0.123. The molecule has 0 aliphatic carbocycles. The largest absolute Gasteiger partial charge is 0.350 e. The van der Waals surface area contributed by atoms with Gasteiger partial charge < -0.3 is 10.2 Å². The molecule has 6 heteroatoms. The molecule has 2 aromatic carbocycles. The van der Waals surface area contributed by atoms with E-state index in [1.165, 1.54) is 6.92 Å². The monoisotopic (exact) mass is 332 g/mol. The van der Waals surface area contributed by atoms with Crippen molar-refractivity contribution in [2.24, 2.45) is 0 Å². The van der Waals surface area contributed by atoms with Crippen molar-refractivity contribution in [2.45, 2.75) is 20.4 Å². The van der Waals surface area contributed by atoms with E-state index in [1.54, 1.807) is 0 Å². The van der Waals surface area contributed by atoms with Crippen molar-refractivity contribution in [2.75, 3.05) is 11.4 Å². The molecule has 1 N–H and O–H groups in total. The Bertz CT molecular complexity index is 762. The van der Waals surface area contributed by atoms with Crippen LogP contribution in [0.4, 0.5) is 14.5 Å². The third-order valence-corrected chi connectivity index (χ3v) is 3.62.